The normalized spacial score (nSPS) is 11.5. The maximum absolute atomic E-state index is 11.6. The number of rotatable bonds is 6. The summed E-state index contributed by atoms with van der Waals surface area (Å²) in [5.74, 6) is -2.01. The topological polar surface area (TPSA) is 105 Å². The van der Waals surface area contributed by atoms with E-state index in [9.17, 15) is 14.4 Å². The van der Waals surface area contributed by atoms with Gasteiger partial charge in [0.15, 0.2) is 0 Å². The Morgan fingerprint density at radius 1 is 1.50 bits per heavy atom. The Hall–Kier alpha value is -1.61. The molecule has 110 valence electrons. The van der Waals surface area contributed by atoms with Crippen molar-refractivity contribution >= 4 is 45.2 Å². The first kappa shape index (κ1) is 16.4. The van der Waals surface area contributed by atoms with E-state index < -0.39 is 30.4 Å². The van der Waals surface area contributed by atoms with E-state index in [0.717, 1.165) is 16.5 Å². The Bertz CT molecular complexity index is 505. The molecular weight excluding hydrogens is 352 g/mol. The fraction of sp³-hybridized carbons (Fsp3) is 0.364. The van der Waals surface area contributed by atoms with Gasteiger partial charge in [0.25, 0.3) is 0 Å². The summed E-state index contributed by atoms with van der Waals surface area (Å²) in [4.78, 5) is 34.4. The van der Waals surface area contributed by atoms with Crippen molar-refractivity contribution in [3.63, 3.8) is 0 Å². The maximum atomic E-state index is 11.6. The van der Waals surface area contributed by atoms with E-state index in [2.05, 4.69) is 31.3 Å². The third-order valence-electron chi connectivity index (χ3n) is 2.25. The van der Waals surface area contributed by atoms with Crippen LogP contribution in [0.1, 0.15) is 11.3 Å². The molecule has 0 aliphatic rings. The summed E-state index contributed by atoms with van der Waals surface area (Å²) in [6.45, 7) is 0.270. The van der Waals surface area contributed by atoms with Crippen LogP contribution < -0.4 is 10.6 Å². The molecule has 3 N–H and O–H groups in total. The average molecular weight is 365 g/mol. The van der Waals surface area contributed by atoms with Crippen LogP contribution in [-0.4, -0.2) is 36.2 Å². The lowest BCUT2D eigenvalue weighted by atomic mass is 10.2. The van der Waals surface area contributed by atoms with Gasteiger partial charge in [-0.05, 0) is 22.0 Å². The molecule has 0 fully saturated rings. The molecule has 0 saturated carbocycles. The van der Waals surface area contributed by atoms with Gasteiger partial charge < -0.3 is 20.5 Å². The molecule has 1 atom stereocenters. The van der Waals surface area contributed by atoms with E-state index in [1.807, 2.05) is 11.4 Å². The number of hydrogen-bond acceptors (Lipinski definition) is 5. The lowest BCUT2D eigenvalue weighted by Gasteiger charge is -2.13. The number of methoxy groups -OCH3 is 1. The second kappa shape index (κ2) is 7.85. The highest BCUT2D eigenvalue weighted by molar-refractivity contribution is 9.10. The number of halogens is 1. The molecule has 1 rings (SSSR count). The highest BCUT2D eigenvalue weighted by atomic mass is 79.9. The number of carbonyl (C=O) groups excluding carboxylic acids is 2. The van der Waals surface area contributed by atoms with Crippen molar-refractivity contribution < 1.29 is 24.2 Å². The van der Waals surface area contributed by atoms with Crippen LogP contribution in [0.3, 0.4) is 0 Å². The van der Waals surface area contributed by atoms with Crippen LogP contribution in [0.5, 0.6) is 0 Å². The number of aliphatic carboxylic acids is 1. The molecule has 1 heterocycles. The van der Waals surface area contributed by atoms with Gasteiger partial charge in [0.05, 0.1) is 20.1 Å². The molecule has 0 radical (unpaired) electrons. The van der Waals surface area contributed by atoms with Gasteiger partial charge in [0, 0.05) is 14.7 Å². The van der Waals surface area contributed by atoms with E-state index >= 15 is 0 Å². The van der Waals surface area contributed by atoms with Crippen LogP contribution in [0.4, 0.5) is 4.79 Å². The molecule has 0 bridgehead atoms. The third kappa shape index (κ3) is 5.57. The number of amides is 2. The largest absolute Gasteiger partial charge is 0.480 e. The van der Waals surface area contributed by atoms with Gasteiger partial charge in [-0.1, -0.05) is 0 Å². The van der Waals surface area contributed by atoms with Gasteiger partial charge >= 0.3 is 18.0 Å². The van der Waals surface area contributed by atoms with Crippen molar-refractivity contribution in [2.45, 2.75) is 19.0 Å². The molecular formula is C11H13BrN2O5S. The number of hydrogen-bond donors (Lipinski definition) is 3. The monoisotopic (exact) mass is 364 g/mol. The molecule has 0 unspecified atom stereocenters. The van der Waals surface area contributed by atoms with Crippen LogP contribution in [0.2, 0.25) is 0 Å². The van der Waals surface area contributed by atoms with Gasteiger partial charge in [-0.25, -0.2) is 9.59 Å². The maximum Gasteiger partial charge on any atom is 0.326 e. The van der Waals surface area contributed by atoms with Crippen molar-refractivity contribution in [2.24, 2.45) is 0 Å². The van der Waals surface area contributed by atoms with E-state index in [-0.39, 0.29) is 6.54 Å². The first-order valence-corrected chi connectivity index (χ1v) is 7.16. The average Bonchev–Trinajstić information content (AvgIpc) is 2.81. The standard InChI is InChI=1S/C11H13BrN2O5S/c1-19-9(15)3-8(10(16)17)14-11(18)13-4-7-2-6(12)5-20-7/h2,5,8H,3-4H2,1H3,(H,16,17)(H2,13,14,18)/t8-/m0/s1. The molecule has 7 nitrogen and oxygen atoms in total. The molecule has 9 heteroatoms. The van der Waals surface area contributed by atoms with E-state index in [1.54, 1.807) is 0 Å². The molecule has 1 aromatic heterocycles. The van der Waals surface area contributed by atoms with Gasteiger partial charge in [-0.15, -0.1) is 11.3 Å². The molecule has 0 saturated heterocycles. The van der Waals surface area contributed by atoms with Crippen LogP contribution >= 0.6 is 27.3 Å². The van der Waals surface area contributed by atoms with Gasteiger partial charge in [-0.3, -0.25) is 4.79 Å². The Morgan fingerprint density at radius 2 is 2.20 bits per heavy atom. The highest BCUT2D eigenvalue weighted by Gasteiger charge is 2.23. The van der Waals surface area contributed by atoms with E-state index in [0.29, 0.717) is 0 Å². The van der Waals surface area contributed by atoms with Crippen LogP contribution in [-0.2, 0) is 20.9 Å². The first-order valence-electron chi connectivity index (χ1n) is 5.49. The first-order chi connectivity index (χ1) is 9.42. The quantitative estimate of drug-likeness (QED) is 0.660. The Labute approximate surface area is 127 Å². The lowest BCUT2D eigenvalue weighted by Crippen LogP contribution is -2.46. The lowest BCUT2D eigenvalue weighted by molar-refractivity contribution is -0.147. The Morgan fingerprint density at radius 3 is 2.70 bits per heavy atom. The summed E-state index contributed by atoms with van der Waals surface area (Å²) >= 11 is 4.74. The molecule has 0 spiro atoms. The molecule has 0 aliphatic heterocycles. The molecule has 20 heavy (non-hydrogen) atoms. The van der Waals surface area contributed by atoms with Crippen molar-refractivity contribution in [1.29, 1.82) is 0 Å². The second-order valence-corrected chi connectivity index (χ2v) is 5.64. The predicted octanol–water partition coefficient (Wildman–Crippen LogP) is 1.33. The fourth-order valence-electron chi connectivity index (χ4n) is 1.27. The number of carboxylic acids is 1. The van der Waals surface area contributed by atoms with Gasteiger partial charge in [0.2, 0.25) is 0 Å². The summed E-state index contributed by atoms with van der Waals surface area (Å²) in [5, 5.41) is 15.5. The SMILES string of the molecule is COC(=O)C[C@H](NC(=O)NCc1cc(Br)cs1)C(=O)O. The minimum Gasteiger partial charge on any atom is -0.480 e. The van der Waals surface area contributed by atoms with Crippen molar-refractivity contribution in [2.75, 3.05) is 7.11 Å². The highest BCUT2D eigenvalue weighted by Crippen LogP contribution is 2.19. The second-order valence-electron chi connectivity index (χ2n) is 3.73. The third-order valence-corrected chi connectivity index (χ3v) is 3.94. The molecule has 0 aromatic carbocycles. The zero-order chi connectivity index (χ0) is 15.1. The van der Waals surface area contributed by atoms with Crippen molar-refractivity contribution in [3.05, 3.63) is 20.8 Å². The molecule has 2 amide bonds. The Balaban J connectivity index is 2.45. The summed E-state index contributed by atoms with van der Waals surface area (Å²) in [6.07, 6.45) is -0.427. The number of nitrogens with one attached hydrogen (secondary N) is 2. The summed E-state index contributed by atoms with van der Waals surface area (Å²) in [7, 11) is 1.15. The zero-order valence-corrected chi connectivity index (χ0v) is 12.9. The summed E-state index contributed by atoms with van der Waals surface area (Å²) in [5.41, 5.74) is 0. The van der Waals surface area contributed by atoms with Crippen LogP contribution in [0.15, 0.2) is 15.9 Å². The minimum absolute atomic E-state index is 0.270. The number of carboxylic acid groups (broad SMARTS) is 1. The summed E-state index contributed by atoms with van der Waals surface area (Å²) < 4.78 is 5.28. The number of urea groups is 1. The van der Waals surface area contributed by atoms with Gasteiger partial charge in [0.1, 0.15) is 6.04 Å². The van der Waals surface area contributed by atoms with Crippen molar-refractivity contribution in [3.8, 4) is 0 Å². The smallest absolute Gasteiger partial charge is 0.326 e. The fourth-order valence-corrected chi connectivity index (χ4v) is 2.66. The summed E-state index contributed by atoms with van der Waals surface area (Å²) in [6, 6.07) is -0.142. The van der Waals surface area contributed by atoms with E-state index in [1.165, 1.54) is 11.3 Å². The Kier molecular flexibility index (Phi) is 6.46. The molecule has 0 aliphatic carbocycles. The number of esters is 1. The predicted molar refractivity (Wildman–Crippen MR) is 75.4 cm³/mol. The molecule has 1 aromatic rings. The van der Waals surface area contributed by atoms with Crippen molar-refractivity contribution in [1.82, 2.24) is 10.6 Å². The number of thiophene rings is 1. The van der Waals surface area contributed by atoms with Gasteiger partial charge in [-0.2, -0.15) is 0 Å². The number of carbonyl (C=O) groups is 3. The minimum atomic E-state index is -1.32. The van der Waals surface area contributed by atoms with Crippen LogP contribution in [0.25, 0.3) is 0 Å². The number of ether oxygens (including phenoxy) is 1. The van der Waals surface area contributed by atoms with E-state index in [4.69, 9.17) is 5.11 Å². The van der Waals surface area contributed by atoms with Crippen LogP contribution in [0, 0.1) is 0 Å². The zero-order valence-electron chi connectivity index (χ0n) is 10.5.